The summed E-state index contributed by atoms with van der Waals surface area (Å²) in [5.41, 5.74) is 0.876. The number of benzene rings is 1. The van der Waals surface area contributed by atoms with Crippen molar-refractivity contribution in [2.75, 3.05) is 39.3 Å². The van der Waals surface area contributed by atoms with Crippen LogP contribution in [0.4, 0.5) is 4.39 Å². The zero-order valence-electron chi connectivity index (χ0n) is 12.6. The smallest absolute Gasteiger partial charge is 0.322 e. The number of nitrogens with one attached hydrogen (secondary N) is 1. The molecule has 23 heavy (non-hydrogen) atoms. The highest BCUT2D eigenvalue weighted by Crippen LogP contribution is 2.19. The molecule has 1 aromatic rings. The van der Waals surface area contributed by atoms with Crippen LogP contribution in [0.3, 0.4) is 0 Å². The van der Waals surface area contributed by atoms with E-state index in [1.807, 2.05) is 4.90 Å². The highest BCUT2D eigenvalue weighted by molar-refractivity contribution is 6.31. The van der Waals surface area contributed by atoms with Gasteiger partial charge in [0.05, 0.1) is 6.54 Å². The van der Waals surface area contributed by atoms with Gasteiger partial charge in [-0.1, -0.05) is 17.7 Å². The lowest BCUT2D eigenvalue weighted by Gasteiger charge is -2.34. The maximum atomic E-state index is 13.0. The molecule has 1 amide bonds. The summed E-state index contributed by atoms with van der Waals surface area (Å²) in [5.74, 6) is -1.70. The normalized spacial score (nSPS) is 16.3. The molecule has 2 rings (SSSR count). The van der Waals surface area contributed by atoms with Gasteiger partial charge in [-0.15, -0.1) is 0 Å². The lowest BCUT2D eigenvalue weighted by Crippen LogP contribution is -2.49. The number of hydrogen-bond donors (Lipinski definition) is 2. The summed E-state index contributed by atoms with van der Waals surface area (Å²) in [6.07, 6.45) is 0. The molecule has 0 saturated carbocycles. The number of carboxylic acid groups (broad SMARTS) is 1. The van der Waals surface area contributed by atoms with Crippen molar-refractivity contribution in [1.29, 1.82) is 0 Å². The van der Waals surface area contributed by atoms with Crippen molar-refractivity contribution in [3.63, 3.8) is 0 Å². The number of carbonyl (C=O) groups excluding carboxylic acids is 1. The van der Waals surface area contributed by atoms with Crippen molar-refractivity contribution in [1.82, 2.24) is 15.1 Å². The van der Waals surface area contributed by atoms with Gasteiger partial charge in [-0.3, -0.25) is 19.4 Å². The zero-order valence-corrected chi connectivity index (χ0v) is 13.4. The predicted molar refractivity (Wildman–Crippen MR) is 83.8 cm³/mol. The van der Waals surface area contributed by atoms with Crippen LogP contribution in [0, 0.1) is 5.82 Å². The molecule has 0 aromatic heterocycles. The van der Waals surface area contributed by atoms with Crippen molar-refractivity contribution >= 4 is 23.5 Å². The van der Waals surface area contributed by atoms with Crippen molar-refractivity contribution in [2.45, 2.75) is 6.54 Å². The molecule has 0 radical (unpaired) electrons. The van der Waals surface area contributed by atoms with E-state index in [0.29, 0.717) is 24.7 Å². The molecule has 1 fully saturated rings. The van der Waals surface area contributed by atoms with Crippen molar-refractivity contribution in [2.24, 2.45) is 0 Å². The van der Waals surface area contributed by atoms with Crippen LogP contribution in [0.15, 0.2) is 18.2 Å². The molecule has 1 heterocycles. The predicted octanol–water partition coefficient (Wildman–Crippen LogP) is 0.798. The van der Waals surface area contributed by atoms with Crippen molar-refractivity contribution in [3.05, 3.63) is 34.6 Å². The number of amides is 1. The highest BCUT2D eigenvalue weighted by atomic mass is 35.5. The fourth-order valence-electron chi connectivity index (χ4n) is 2.43. The second-order valence-electron chi connectivity index (χ2n) is 5.46. The lowest BCUT2D eigenvalue weighted by molar-refractivity contribution is -0.138. The van der Waals surface area contributed by atoms with Gasteiger partial charge in [0.25, 0.3) is 0 Å². The summed E-state index contributed by atoms with van der Waals surface area (Å²) in [4.78, 5) is 26.1. The third-order valence-electron chi connectivity index (χ3n) is 3.68. The summed E-state index contributed by atoms with van der Waals surface area (Å²) >= 11 is 6.03. The Morgan fingerprint density at radius 3 is 2.48 bits per heavy atom. The Morgan fingerprint density at radius 1 is 1.22 bits per heavy atom. The van der Waals surface area contributed by atoms with Crippen molar-refractivity contribution in [3.8, 4) is 0 Å². The third kappa shape index (κ3) is 5.78. The monoisotopic (exact) mass is 343 g/mol. The van der Waals surface area contributed by atoms with Gasteiger partial charge in [0.1, 0.15) is 12.4 Å². The van der Waals surface area contributed by atoms with E-state index >= 15 is 0 Å². The van der Waals surface area contributed by atoms with E-state index < -0.39 is 5.97 Å². The lowest BCUT2D eigenvalue weighted by atomic mass is 10.2. The Hall–Kier alpha value is -1.70. The maximum Gasteiger partial charge on any atom is 0.322 e. The van der Waals surface area contributed by atoms with Gasteiger partial charge in [-0.2, -0.15) is 0 Å². The van der Waals surface area contributed by atoms with E-state index in [2.05, 4.69) is 10.2 Å². The Labute approximate surface area is 138 Å². The summed E-state index contributed by atoms with van der Waals surface area (Å²) in [5, 5.41) is 11.3. The largest absolute Gasteiger partial charge is 0.480 e. The molecule has 1 aliphatic heterocycles. The van der Waals surface area contributed by atoms with Crippen LogP contribution in [-0.2, 0) is 16.1 Å². The van der Waals surface area contributed by atoms with Crippen LogP contribution in [0.1, 0.15) is 5.56 Å². The van der Waals surface area contributed by atoms with E-state index in [1.54, 1.807) is 6.07 Å². The second kappa shape index (κ2) is 8.24. The van der Waals surface area contributed by atoms with Gasteiger partial charge < -0.3 is 10.4 Å². The van der Waals surface area contributed by atoms with Gasteiger partial charge in [-0.25, -0.2) is 4.39 Å². The summed E-state index contributed by atoms with van der Waals surface area (Å²) < 4.78 is 13.0. The molecular weight excluding hydrogens is 325 g/mol. The molecule has 1 saturated heterocycles. The van der Waals surface area contributed by atoms with Crippen LogP contribution in [0.25, 0.3) is 0 Å². The fraction of sp³-hybridized carbons (Fsp3) is 0.467. The standard InChI is InChI=1S/C15H19ClFN3O3/c16-13-7-12(17)2-1-11(13)9-19-3-5-20(6-4-19)10-14(21)18-8-15(22)23/h1-2,7H,3-6,8-10H2,(H,18,21)(H,22,23). The minimum Gasteiger partial charge on any atom is -0.480 e. The van der Waals surface area contributed by atoms with Crippen LogP contribution in [0.2, 0.25) is 5.02 Å². The first kappa shape index (κ1) is 17.7. The Balaban J connectivity index is 1.75. The van der Waals surface area contributed by atoms with E-state index in [1.165, 1.54) is 12.1 Å². The number of piperazine rings is 1. The van der Waals surface area contributed by atoms with Crippen LogP contribution >= 0.6 is 11.6 Å². The quantitative estimate of drug-likeness (QED) is 0.799. The Bertz CT molecular complexity index is 577. The molecule has 0 atom stereocenters. The van der Waals surface area contributed by atoms with Gasteiger partial charge in [0, 0.05) is 37.7 Å². The van der Waals surface area contributed by atoms with Crippen LogP contribution < -0.4 is 5.32 Å². The van der Waals surface area contributed by atoms with E-state index in [9.17, 15) is 14.0 Å². The minimum atomic E-state index is -1.06. The number of aliphatic carboxylic acids is 1. The van der Waals surface area contributed by atoms with Gasteiger partial charge in [0.2, 0.25) is 5.91 Å². The molecule has 1 aromatic carbocycles. The molecule has 8 heteroatoms. The van der Waals surface area contributed by atoms with Crippen molar-refractivity contribution < 1.29 is 19.1 Å². The number of rotatable bonds is 6. The average Bonchev–Trinajstić information content (AvgIpc) is 2.50. The molecule has 0 unspecified atom stereocenters. The fourth-order valence-corrected chi connectivity index (χ4v) is 2.66. The van der Waals surface area contributed by atoms with Gasteiger partial charge >= 0.3 is 5.97 Å². The molecule has 126 valence electrons. The third-order valence-corrected chi connectivity index (χ3v) is 4.03. The summed E-state index contributed by atoms with van der Waals surface area (Å²) in [6.45, 7) is 3.41. The first-order valence-electron chi connectivity index (χ1n) is 7.31. The zero-order chi connectivity index (χ0) is 16.8. The minimum absolute atomic E-state index is 0.193. The van der Waals surface area contributed by atoms with Gasteiger partial charge in [0.15, 0.2) is 0 Å². The molecule has 0 bridgehead atoms. The molecule has 6 nitrogen and oxygen atoms in total. The van der Waals surface area contributed by atoms with Crippen LogP contribution in [0.5, 0.6) is 0 Å². The number of carboxylic acids is 1. The molecular formula is C15H19ClFN3O3. The number of carbonyl (C=O) groups is 2. The molecule has 1 aliphatic rings. The van der Waals surface area contributed by atoms with E-state index in [-0.39, 0.29) is 24.8 Å². The molecule has 0 spiro atoms. The number of halogens is 2. The first-order valence-corrected chi connectivity index (χ1v) is 7.69. The number of nitrogens with zero attached hydrogens (tertiary/aromatic N) is 2. The Kier molecular flexibility index (Phi) is 6.32. The van der Waals surface area contributed by atoms with E-state index in [0.717, 1.165) is 18.7 Å². The topological polar surface area (TPSA) is 72.9 Å². The summed E-state index contributed by atoms with van der Waals surface area (Å²) in [7, 11) is 0. The highest BCUT2D eigenvalue weighted by Gasteiger charge is 2.19. The number of hydrogen-bond acceptors (Lipinski definition) is 4. The molecule has 0 aliphatic carbocycles. The first-order chi connectivity index (χ1) is 10.9. The molecule has 2 N–H and O–H groups in total. The summed E-state index contributed by atoms with van der Waals surface area (Å²) in [6, 6.07) is 4.38. The SMILES string of the molecule is O=C(O)CNC(=O)CN1CCN(Cc2ccc(F)cc2Cl)CC1. The second-order valence-corrected chi connectivity index (χ2v) is 5.87. The Morgan fingerprint density at radius 2 is 1.87 bits per heavy atom. The van der Waals surface area contributed by atoms with Gasteiger partial charge in [-0.05, 0) is 17.7 Å². The maximum absolute atomic E-state index is 13.0. The van der Waals surface area contributed by atoms with E-state index in [4.69, 9.17) is 16.7 Å². The van der Waals surface area contributed by atoms with Crippen LogP contribution in [-0.4, -0.2) is 66.1 Å². The average molecular weight is 344 g/mol.